The summed E-state index contributed by atoms with van der Waals surface area (Å²) in [6.45, 7) is 12.0. The van der Waals surface area contributed by atoms with Gasteiger partial charge in [-0.05, 0) is 19.3 Å². The highest BCUT2D eigenvalue weighted by Crippen LogP contribution is 2.12. The second kappa shape index (κ2) is 8.90. The minimum Gasteiger partial charge on any atom is -0.380 e. The first-order valence-corrected chi connectivity index (χ1v) is 7.36. The smallest absolute Gasteiger partial charge is 0.0593 e. The molecule has 1 heterocycles. The monoisotopic (exact) mass is 242 g/mol. The van der Waals surface area contributed by atoms with E-state index in [-0.39, 0.29) is 0 Å². The van der Waals surface area contributed by atoms with Gasteiger partial charge in [0, 0.05) is 38.3 Å². The van der Waals surface area contributed by atoms with Gasteiger partial charge in [-0.3, -0.25) is 4.90 Å². The standard InChI is InChI=1S/C14H30N2O/c1-4-7-13-12-16(8-10-17-9-5-2)14(6-3)11-15-13/h13-15H,4-12H2,1-3H3. The summed E-state index contributed by atoms with van der Waals surface area (Å²) in [5.74, 6) is 0. The van der Waals surface area contributed by atoms with Gasteiger partial charge in [0.25, 0.3) is 0 Å². The van der Waals surface area contributed by atoms with Crippen LogP contribution in [0.4, 0.5) is 0 Å². The lowest BCUT2D eigenvalue weighted by Crippen LogP contribution is -2.56. The summed E-state index contributed by atoms with van der Waals surface area (Å²) >= 11 is 0. The van der Waals surface area contributed by atoms with Crippen LogP contribution in [0.1, 0.15) is 46.5 Å². The largest absolute Gasteiger partial charge is 0.380 e. The molecule has 1 rings (SSSR count). The fourth-order valence-electron chi connectivity index (χ4n) is 2.57. The Bertz CT molecular complexity index is 187. The van der Waals surface area contributed by atoms with Crippen molar-refractivity contribution >= 4 is 0 Å². The predicted molar refractivity (Wildman–Crippen MR) is 73.5 cm³/mol. The molecule has 1 fully saturated rings. The first-order chi connectivity index (χ1) is 8.31. The zero-order valence-corrected chi connectivity index (χ0v) is 11.9. The molecule has 0 aromatic heterocycles. The average molecular weight is 242 g/mol. The number of nitrogens with one attached hydrogen (secondary N) is 1. The molecule has 17 heavy (non-hydrogen) atoms. The Hall–Kier alpha value is -0.120. The summed E-state index contributed by atoms with van der Waals surface area (Å²) in [5.41, 5.74) is 0. The molecule has 1 aliphatic rings. The number of rotatable bonds is 8. The summed E-state index contributed by atoms with van der Waals surface area (Å²) in [4.78, 5) is 2.62. The van der Waals surface area contributed by atoms with E-state index in [1.807, 2.05) is 0 Å². The zero-order valence-electron chi connectivity index (χ0n) is 11.9. The summed E-state index contributed by atoms with van der Waals surface area (Å²) in [6, 6.07) is 1.39. The van der Waals surface area contributed by atoms with E-state index in [1.165, 1.54) is 25.8 Å². The Morgan fingerprint density at radius 1 is 1.18 bits per heavy atom. The fraction of sp³-hybridized carbons (Fsp3) is 1.00. The van der Waals surface area contributed by atoms with Crippen molar-refractivity contribution in [1.29, 1.82) is 0 Å². The van der Waals surface area contributed by atoms with Crippen molar-refractivity contribution < 1.29 is 4.74 Å². The van der Waals surface area contributed by atoms with Crippen LogP contribution in [0, 0.1) is 0 Å². The Morgan fingerprint density at radius 3 is 2.65 bits per heavy atom. The SMILES string of the molecule is CCCOCCN1CC(CCC)NCC1CC. The lowest BCUT2D eigenvalue weighted by atomic mass is 10.0. The number of piperazine rings is 1. The highest BCUT2D eigenvalue weighted by Gasteiger charge is 2.25. The summed E-state index contributed by atoms with van der Waals surface area (Å²) < 4.78 is 5.61. The first kappa shape index (κ1) is 14.9. The summed E-state index contributed by atoms with van der Waals surface area (Å²) in [7, 11) is 0. The molecule has 0 amide bonds. The van der Waals surface area contributed by atoms with Crippen LogP contribution in [-0.2, 0) is 4.74 Å². The molecule has 3 heteroatoms. The highest BCUT2D eigenvalue weighted by molar-refractivity contribution is 4.85. The summed E-state index contributed by atoms with van der Waals surface area (Å²) in [6.07, 6.45) is 4.92. The number of hydrogen-bond acceptors (Lipinski definition) is 3. The van der Waals surface area contributed by atoms with Crippen LogP contribution < -0.4 is 5.32 Å². The first-order valence-electron chi connectivity index (χ1n) is 7.36. The van der Waals surface area contributed by atoms with Gasteiger partial charge in [-0.25, -0.2) is 0 Å². The van der Waals surface area contributed by atoms with Crippen molar-refractivity contribution in [1.82, 2.24) is 10.2 Å². The average Bonchev–Trinajstić information content (AvgIpc) is 2.35. The minimum absolute atomic E-state index is 0.689. The van der Waals surface area contributed by atoms with Crippen molar-refractivity contribution in [2.45, 2.75) is 58.5 Å². The minimum atomic E-state index is 0.689. The van der Waals surface area contributed by atoms with Gasteiger partial charge in [-0.15, -0.1) is 0 Å². The molecule has 0 aromatic rings. The Labute approximate surface area is 107 Å². The molecule has 1 saturated heterocycles. The van der Waals surface area contributed by atoms with Crippen LogP contribution in [0.2, 0.25) is 0 Å². The summed E-state index contributed by atoms with van der Waals surface area (Å²) in [5, 5.41) is 3.67. The molecule has 2 atom stereocenters. The molecule has 0 spiro atoms. The Morgan fingerprint density at radius 2 is 2.00 bits per heavy atom. The third kappa shape index (κ3) is 5.36. The Balaban J connectivity index is 2.29. The van der Waals surface area contributed by atoms with Gasteiger partial charge in [0.1, 0.15) is 0 Å². The van der Waals surface area contributed by atoms with Crippen molar-refractivity contribution in [2.24, 2.45) is 0 Å². The van der Waals surface area contributed by atoms with Crippen LogP contribution in [0.25, 0.3) is 0 Å². The molecule has 0 aliphatic carbocycles. The van der Waals surface area contributed by atoms with Crippen LogP contribution in [0.5, 0.6) is 0 Å². The maximum absolute atomic E-state index is 5.61. The second-order valence-corrected chi connectivity index (χ2v) is 5.06. The van der Waals surface area contributed by atoms with Crippen LogP contribution >= 0.6 is 0 Å². The van der Waals surface area contributed by atoms with E-state index >= 15 is 0 Å². The topological polar surface area (TPSA) is 24.5 Å². The third-order valence-electron chi connectivity index (χ3n) is 3.59. The molecule has 2 unspecified atom stereocenters. The molecule has 3 nitrogen and oxygen atoms in total. The van der Waals surface area contributed by atoms with Gasteiger partial charge in [0.05, 0.1) is 6.61 Å². The number of ether oxygens (including phenoxy) is 1. The van der Waals surface area contributed by atoms with E-state index in [1.54, 1.807) is 0 Å². The molecule has 0 bridgehead atoms. The lowest BCUT2D eigenvalue weighted by Gasteiger charge is -2.40. The molecule has 1 aliphatic heterocycles. The van der Waals surface area contributed by atoms with E-state index in [9.17, 15) is 0 Å². The van der Waals surface area contributed by atoms with Crippen molar-refractivity contribution in [3.05, 3.63) is 0 Å². The van der Waals surface area contributed by atoms with Gasteiger partial charge in [-0.2, -0.15) is 0 Å². The molecule has 0 aromatic carbocycles. The normalized spacial score (nSPS) is 26.3. The molecule has 1 N–H and O–H groups in total. The molecule has 102 valence electrons. The van der Waals surface area contributed by atoms with E-state index in [0.717, 1.165) is 32.7 Å². The van der Waals surface area contributed by atoms with E-state index in [2.05, 4.69) is 31.0 Å². The van der Waals surface area contributed by atoms with Gasteiger partial charge >= 0.3 is 0 Å². The number of nitrogens with zero attached hydrogens (tertiary/aromatic N) is 1. The van der Waals surface area contributed by atoms with Crippen molar-refractivity contribution in [3.63, 3.8) is 0 Å². The predicted octanol–water partition coefficient (Wildman–Crippen LogP) is 2.27. The van der Waals surface area contributed by atoms with Gasteiger partial charge in [-0.1, -0.05) is 27.2 Å². The number of hydrogen-bond donors (Lipinski definition) is 1. The maximum Gasteiger partial charge on any atom is 0.0593 e. The molecule has 0 saturated carbocycles. The van der Waals surface area contributed by atoms with Gasteiger partial charge in [0.2, 0.25) is 0 Å². The van der Waals surface area contributed by atoms with Crippen LogP contribution in [0.15, 0.2) is 0 Å². The van der Waals surface area contributed by atoms with Crippen LogP contribution in [-0.4, -0.2) is 49.8 Å². The van der Waals surface area contributed by atoms with Crippen molar-refractivity contribution in [3.8, 4) is 0 Å². The zero-order chi connectivity index (χ0) is 12.5. The van der Waals surface area contributed by atoms with Gasteiger partial charge < -0.3 is 10.1 Å². The molecular weight excluding hydrogens is 212 g/mol. The Kier molecular flexibility index (Phi) is 7.82. The quantitative estimate of drug-likeness (QED) is 0.661. The third-order valence-corrected chi connectivity index (χ3v) is 3.59. The fourth-order valence-corrected chi connectivity index (χ4v) is 2.57. The van der Waals surface area contributed by atoms with E-state index in [0.29, 0.717) is 12.1 Å². The van der Waals surface area contributed by atoms with Crippen molar-refractivity contribution in [2.75, 3.05) is 32.8 Å². The second-order valence-electron chi connectivity index (χ2n) is 5.06. The lowest BCUT2D eigenvalue weighted by molar-refractivity contribution is 0.0630. The highest BCUT2D eigenvalue weighted by atomic mass is 16.5. The van der Waals surface area contributed by atoms with E-state index in [4.69, 9.17) is 4.74 Å². The molecule has 0 radical (unpaired) electrons. The maximum atomic E-state index is 5.61. The molecular formula is C14H30N2O. The van der Waals surface area contributed by atoms with E-state index < -0.39 is 0 Å². The van der Waals surface area contributed by atoms with Crippen LogP contribution in [0.3, 0.4) is 0 Å². The van der Waals surface area contributed by atoms with Gasteiger partial charge in [0.15, 0.2) is 0 Å².